The van der Waals surface area contributed by atoms with E-state index in [1.165, 1.54) is 4.68 Å². The summed E-state index contributed by atoms with van der Waals surface area (Å²) in [7, 11) is 5.00. The van der Waals surface area contributed by atoms with Gasteiger partial charge in [0.25, 0.3) is 5.95 Å². The predicted molar refractivity (Wildman–Crippen MR) is 75.6 cm³/mol. The molecular formula is C10H16N10. The largest absolute Gasteiger partial charge is 0.382 e. The van der Waals surface area contributed by atoms with E-state index < -0.39 is 0 Å². The molecule has 10 heteroatoms. The third-order valence-corrected chi connectivity index (χ3v) is 2.52. The van der Waals surface area contributed by atoms with Crippen LogP contribution < -0.4 is 16.4 Å². The van der Waals surface area contributed by atoms with Crippen LogP contribution in [0.4, 0.5) is 23.4 Å². The Labute approximate surface area is 115 Å². The van der Waals surface area contributed by atoms with Crippen LogP contribution in [0.1, 0.15) is 5.69 Å². The molecule has 0 fully saturated rings. The second-order valence-electron chi connectivity index (χ2n) is 3.81. The Hall–Kier alpha value is -2.78. The Morgan fingerprint density at radius 3 is 2.20 bits per heavy atom. The molecule has 0 radical (unpaired) electrons. The van der Waals surface area contributed by atoms with Crippen LogP contribution in [0.15, 0.2) is 10.2 Å². The van der Waals surface area contributed by atoms with Crippen molar-refractivity contribution in [1.82, 2.24) is 24.7 Å². The first-order valence-corrected chi connectivity index (χ1v) is 5.87. The maximum Gasteiger partial charge on any atom is 0.259 e. The minimum Gasteiger partial charge on any atom is -0.382 e. The molecule has 2 aromatic heterocycles. The van der Waals surface area contributed by atoms with Gasteiger partial charge in [0.15, 0.2) is 11.5 Å². The minimum atomic E-state index is 0.298. The fourth-order valence-corrected chi connectivity index (χ4v) is 1.60. The van der Waals surface area contributed by atoms with Crippen molar-refractivity contribution in [2.45, 2.75) is 6.92 Å². The van der Waals surface area contributed by atoms with Crippen LogP contribution in [-0.4, -0.2) is 45.9 Å². The monoisotopic (exact) mass is 276 g/mol. The molecule has 106 valence electrons. The number of azo groups is 1. The summed E-state index contributed by atoms with van der Waals surface area (Å²) in [6, 6.07) is 0. The summed E-state index contributed by atoms with van der Waals surface area (Å²) < 4.78 is 1.41. The number of rotatable bonds is 4. The highest BCUT2D eigenvalue weighted by atomic mass is 15.4. The van der Waals surface area contributed by atoms with E-state index in [4.69, 9.17) is 5.73 Å². The molecule has 0 saturated carbocycles. The van der Waals surface area contributed by atoms with Gasteiger partial charge in [0, 0.05) is 21.1 Å². The van der Waals surface area contributed by atoms with Gasteiger partial charge < -0.3 is 16.4 Å². The summed E-state index contributed by atoms with van der Waals surface area (Å²) >= 11 is 0. The van der Waals surface area contributed by atoms with E-state index in [1.54, 1.807) is 28.1 Å². The van der Waals surface area contributed by atoms with Crippen molar-refractivity contribution in [3.63, 3.8) is 0 Å². The summed E-state index contributed by atoms with van der Waals surface area (Å²) in [6.45, 7) is 1.79. The Morgan fingerprint density at radius 2 is 1.70 bits per heavy atom. The lowest BCUT2D eigenvalue weighted by molar-refractivity contribution is 0.797. The van der Waals surface area contributed by atoms with Crippen molar-refractivity contribution in [3.05, 3.63) is 5.69 Å². The molecular weight excluding hydrogens is 260 g/mol. The summed E-state index contributed by atoms with van der Waals surface area (Å²) in [5, 5.41) is 17.7. The highest BCUT2D eigenvalue weighted by Gasteiger charge is 2.16. The molecule has 0 aromatic carbocycles. The van der Waals surface area contributed by atoms with E-state index >= 15 is 0 Å². The first kappa shape index (κ1) is 13.6. The highest BCUT2D eigenvalue weighted by Crippen LogP contribution is 2.28. The third-order valence-electron chi connectivity index (χ3n) is 2.52. The number of nitrogens with two attached hydrogens (primary N) is 1. The van der Waals surface area contributed by atoms with Crippen molar-refractivity contribution in [3.8, 4) is 5.95 Å². The van der Waals surface area contributed by atoms with Crippen LogP contribution in [0.2, 0.25) is 0 Å². The van der Waals surface area contributed by atoms with Crippen LogP contribution in [0.5, 0.6) is 0 Å². The topological polar surface area (TPSA) is 131 Å². The molecule has 20 heavy (non-hydrogen) atoms. The Balaban J connectivity index is 2.59. The fraction of sp³-hybridized carbons (Fsp3) is 0.400. The normalized spacial score (nSPS) is 11.0. The van der Waals surface area contributed by atoms with Gasteiger partial charge in [-0.2, -0.15) is 35.0 Å². The van der Waals surface area contributed by atoms with Crippen molar-refractivity contribution < 1.29 is 0 Å². The quantitative estimate of drug-likeness (QED) is 0.702. The molecule has 2 aromatic rings. The average molecular weight is 276 g/mol. The zero-order chi connectivity index (χ0) is 14.7. The van der Waals surface area contributed by atoms with Crippen LogP contribution in [-0.2, 0) is 0 Å². The molecule has 0 saturated heterocycles. The second-order valence-corrected chi connectivity index (χ2v) is 3.81. The fourth-order valence-electron chi connectivity index (χ4n) is 1.60. The molecule has 0 aliphatic rings. The van der Waals surface area contributed by atoms with Crippen LogP contribution in [0.25, 0.3) is 5.95 Å². The van der Waals surface area contributed by atoms with Crippen molar-refractivity contribution in [1.29, 1.82) is 0 Å². The molecule has 0 atom stereocenters. The Kier molecular flexibility index (Phi) is 3.73. The number of nitrogens with zero attached hydrogens (tertiary/aromatic N) is 7. The number of hydrogen-bond donors (Lipinski definition) is 3. The number of nitrogens with one attached hydrogen (secondary N) is 2. The van der Waals surface area contributed by atoms with E-state index in [-0.39, 0.29) is 0 Å². The Morgan fingerprint density at radius 1 is 1.10 bits per heavy atom. The zero-order valence-corrected chi connectivity index (χ0v) is 11.7. The third kappa shape index (κ3) is 2.35. The van der Waals surface area contributed by atoms with Crippen molar-refractivity contribution in [2.24, 2.45) is 10.2 Å². The standard InChI is InChI=1S/C10H16N10/c1-5-6(18-14-4)7(11)20(19-5)10-16-8(12-2)15-9(13-3)17-10/h11H2,1-4H3,(H2,12,13,15,16,17)/b18-14+. The van der Waals surface area contributed by atoms with Crippen molar-refractivity contribution >= 4 is 23.4 Å². The zero-order valence-electron chi connectivity index (χ0n) is 11.7. The number of anilines is 3. The van der Waals surface area contributed by atoms with E-state index in [9.17, 15) is 0 Å². The molecule has 0 unspecified atom stereocenters. The van der Waals surface area contributed by atoms with Crippen LogP contribution in [0.3, 0.4) is 0 Å². The van der Waals surface area contributed by atoms with Gasteiger partial charge in [0.2, 0.25) is 11.9 Å². The van der Waals surface area contributed by atoms with Gasteiger partial charge in [0.05, 0.1) is 5.69 Å². The lowest BCUT2D eigenvalue weighted by Gasteiger charge is -2.06. The van der Waals surface area contributed by atoms with E-state index in [0.29, 0.717) is 35.0 Å². The summed E-state index contributed by atoms with van der Waals surface area (Å²) in [5.41, 5.74) is 7.16. The highest BCUT2D eigenvalue weighted by molar-refractivity contribution is 5.62. The smallest absolute Gasteiger partial charge is 0.259 e. The number of nitrogen functional groups attached to an aromatic ring is 1. The maximum atomic E-state index is 6.01. The molecule has 2 heterocycles. The number of hydrogen-bond acceptors (Lipinski definition) is 9. The minimum absolute atomic E-state index is 0.298. The molecule has 0 aliphatic carbocycles. The molecule has 0 spiro atoms. The van der Waals surface area contributed by atoms with Gasteiger partial charge in [-0.1, -0.05) is 0 Å². The second kappa shape index (κ2) is 5.47. The van der Waals surface area contributed by atoms with Gasteiger partial charge in [-0.3, -0.25) is 0 Å². The lowest BCUT2D eigenvalue weighted by Crippen LogP contribution is -2.11. The maximum absolute atomic E-state index is 6.01. The molecule has 10 nitrogen and oxygen atoms in total. The average Bonchev–Trinajstić information content (AvgIpc) is 2.75. The predicted octanol–water partition coefficient (Wildman–Crippen LogP) is 0.745. The number of aromatic nitrogens is 5. The molecule has 4 N–H and O–H groups in total. The summed E-state index contributed by atoms with van der Waals surface area (Å²) in [5.74, 6) is 1.44. The van der Waals surface area contributed by atoms with Crippen LogP contribution in [0, 0.1) is 6.92 Å². The first-order chi connectivity index (χ1) is 9.60. The lowest BCUT2D eigenvalue weighted by atomic mass is 10.4. The molecule has 0 amide bonds. The first-order valence-electron chi connectivity index (χ1n) is 5.87. The van der Waals surface area contributed by atoms with E-state index in [1.807, 2.05) is 0 Å². The van der Waals surface area contributed by atoms with Crippen molar-refractivity contribution in [2.75, 3.05) is 37.5 Å². The van der Waals surface area contributed by atoms with Gasteiger partial charge in [-0.15, -0.1) is 0 Å². The SMILES string of the molecule is C/N=N/c1c(C)nn(-c2nc(NC)nc(NC)n2)c1N. The van der Waals surface area contributed by atoms with E-state index in [0.717, 1.165) is 0 Å². The Bertz CT molecular complexity index is 621. The van der Waals surface area contributed by atoms with E-state index in [2.05, 4.69) is 40.9 Å². The van der Waals surface area contributed by atoms with Gasteiger partial charge in [-0.25, -0.2) is 0 Å². The number of aryl methyl sites for hydroxylation is 1. The molecule has 0 bridgehead atoms. The van der Waals surface area contributed by atoms with Crippen LogP contribution >= 0.6 is 0 Å². The summed E-state index contributed by atoms with van der Waals surface area (Å²) in [4.78, 5) is 12.6. The molecule has 0 aliphatic heterocycles. The van der Waals surface area contributed by atoms with Gasteiger partial charge in [-0.05, 0) is 6.92 Å². The van der Waals surface area contributed by atoms with Gasteiger partial charge >= 0.3 is 0 Å². The van der Waals surface area contributed by atoms with Gasteiger partial charge in [0.1, 0.15) is 0 Å². The molecule has 2 rings (SSSR count). The summed E-state index contributed by atoms with van der Waals surface area (Å²) in [6.07, 6.45) is 0.